The second kappa shape index (κ2) is 8.06. The van der Waals surface area contributed by atoms with E-state index >= 15 is 0 Å². The molecule has 0 bridgehead atoms. The molecule has 0 radical (unpaired) electrons. The summed E-state index contributed by atoms with van der Waals surface area (Å²) in [6.07, 6.45) is 3.02. The number of pyridine rings is 1. The highest BCUT2D eigenvalue weighted by Crippen LogP contribution is 2.41. The van der Waals surface area contributed by atoms with Crippen molar-refractivity contribution in [1.82, 2.24) is 4.98 Å². The minimum atomic E-state index is -1.75. The molecule has 1 atom stereocenters. The number of aromatic nitrogens is 1. The van der Waals surface area contributed by atoms with E-state index in [-0.39, 0.29) is 0 Å². The van der Waals surface area contributed by atoms with E-state index in [2.05, 4.69) is 66.0 Å². The van der Waals surface area contributed by atoms with Crippen molar-refractivity contribution in [3.63, 3.8) is 0 Å². The van der Waals surface area contributed by atoms with E-state index in [9.17, 15) is 5.11 Å². The second-order valence-electron chi connectivity index (χ2n) is 8.74. The first kappa shape index (κ1) is 20.2. The van der Waals surface area contributed by atoms with Crippen LogP contribution in [0.4, 0.5) is 0 Å². The third kappa shape index (κ3) is 4.18. The summed E-state index contributed by atoms with van der Waals surface area (Å²) in [5.74, 6) is 3.81. The molecule has 3 heteroatoms. The van der Waals surface area contributed by atoms with E-state index in [0.29, 0.717) is 22.5 Å². The molecule has 1 aromatic rings. The summed E-state index contributed by atoms with van der Waals surface area (Å²) in [4.78, 5) is 4.72. The van der Waals surface area contributed by atoms with Crippen LogP contribution in [0.5, 0.6) is 0 Å². The number of hydrogen-bond acceptors (Lipinski definition) is 2. The third-order valence-electron chi connectivity index (χ3n) is 6.16. The van der Waals surface area contributed by atoms with Crippen molar-refractivity contribution in [3.05, 3.63) is 29.1 Å². The first-order valence-electron chi connectivity index (χ1n) is 9.88. The van der Waals surface area contributed by atoms with Gasteiger partial charge in [-0.05, 0) is 60.0 Å². The van der Waals surface area contributed by atoms with Crippen molar-refractivity contribution >= 4 is 8.07 Å². The molecule has 1 fully saturated rings. The molecule has 0 saturated heterocycles. The molecule has 2 nitrogen and oxygen atoms in total. The smallest absolute Gasteiger partial charge is 0.146 e. The third-order valence-corrected chi connectivity index (χ3v) is 12.5. The van der Waals surface area contributed by atoms with Gasteiger partial charge in [-0.3, -0.25) is 0 Å². The van der Waals surface area contributed by atoms with Gasteiger partial charge < -0.3 is 5.11 Å². The molecule has 1 aliphatic rings. The number of aliphatic hydroxyl groups excluding tert-OH is 1. The lowest BCUT2D eigenvalue weighted by Gasteiger charge is -2.38. The first-order chi connectivity index (χ1) is 11.7. The number of nitrogens with zero attached hydrogens (tertiary/aromatic N) is 1. The molecule has 0 aromatic carbocycles. The molecule has 0 aliphatic heterocycles. The molecular weight excluding hydrogens is 322 g/mol. The highest BCUT2D eigenvalue weighted by atomic mass is 28.3. The summed E-state index contributed by atoms with van der Waals surface area (Å²) in [5, 5.41) is 10.6. The van der Waals surface area contributed by atoms with Gasteiger partial charge in [-0.15, -0.1) is 5.54 Å². The Labute approximate surface area is 155 Å². The molecular formula is C22H35NOSi. The summed E-state index contributed by atoms with van der Waals surface area (Å²) < 4.78 is 0. The van der Waals surface area contributed by atoms with E-state index in [1.54, 1.807) is 0 Å². The predicted octanol–water partition coefficient (Wildman–Crippen LogP) is 5.79. The van der Waals surface area contributed by atoms with Gasteiger partial charge in [-0.2, -0.15) is 0 Å². The van der Waals surface area contributed by atoms with E-state index in [1.165, 1.54) is 6.42 Å². The number of aliphatic hydroxyl groups is 1. The SMILES string of the molecule is Cc1cc(C#C[Si](C(C)C)(C(C)C)C(C)C)nc(C(O)C2CCC2)c1. The lowest BCUT2D eigenvalue weighted by Crippen LogP contribution is -2.43. The van der Waals surface area contributed by atoms with Gasteiger partial charge in [0.25, 0.3) is 0 Å². The molecule has 1 aromatic heterocycles. The Balaban J connectivity index is 2.39. The Morgan fingerprint density at radius 2 is 1.60 bits per heavy atom. The van der Waals surface area contributed by atoms with E-state index < -0.39 is 14.2 Å². The summed E-state index contributed by atoms with van der Waals surface area (Å²) in [6.45, 7) is 16.0. The van der Waals surface area contributed by atoms with Crippen molar-refractivity contribution in [1.29, 1.82) is 0 Å². The highest BCUT2D eigenvalue weighted by molar-refractivity contribution is 6.90. The van der Waals surface area contributed by atoms with Crippen molar-refractivity contribution < 1.29 is 5.11 Å². The van der Waals surface area contributed by atoms with Gasteiger partial charge >= 0.3 is 0 Å². The van der Waals surface area contributed by atoms with Gasteiger partial charge in [0.1, 0.15) is 13.8 Å². The molecule has 0 amide bonds. The van der Waals surface area contributed by atoms with Crippen molar-refractivity contribution in [2.24, 2.45) is 5.92 Å². The zero-order valence-electron chi connectivity index (χ0n) is 17.1. The molecule has 1 unspecified atom stereocenters. The summed E-state index contributed by atoms with van der Waals surface area (Å²) >= 11 is 0. The van der Waals surface area contributed by atoms with E-state index in [0.717, 1.165) is 29.8 Å². The van der Waals surface area contributed by atoms with Gasteiger partial charge in [0, 0.05) is 0 Å². The van der Waals surface area contributed by atoms with E-state index in [4.69, 9.17) is 4.98 Å². The lowest BCUT2D eigenvalue weighted by atomic mass is 9.80. The van der Waals surface area contributed by atoms with Crippen LogP contribution in [0.3, 0.4) is 0 Å². The van der Waals surface area contributed by atoms with Crippen LogP contribution < -0.4 is 0 Å². The van der Waals surface area contributed by atoms with Gasteiger partial charge in [0.05, 0.1) is 11.8 Å². The molecule has 1 aliphatic carbocycles. The average molecular weight is 358 g/mol. The Kier molecular flexibility index (Phi) is 6.51. The van der Waals surface area contributed by atoms with Crippen molar-refractivity contribution in [2.45, 2.75) is 90.5 Å². The molecule has 1 heterocycles. The monoisotopic (exact) mass is 357 g/mol. The van der Waals surface area contributed by atoms with Crippen LogP contribution in [0.15, 0.2) is 12.1 Å². The standard InChI is InChI=1S/C22H35NOSi/c1-15(2)25(16(3)4,17(5)6)12-11-20-13-18(7)14-21(23-20)22(24)19-9-8-10-19/h13-17,19,22,24H,8-10H2,1-7H3. The quantitative estimate of drug-likeness (QED) is 0.534. The topological polar surface area (TPSA) is 33.1 Å². The molecule has 25 heavy (non-hydrogen) atoms. The van der Waals surface area contributed by atoms with Crippen LogP contribution in [0, 0.1) is 24.3 Å². The highest BCUT2D eigenvalue weighted by Gasteiger charge is 2.41. The van der Waals surface area contributed by atoms with Crippen LogP contribution in [-0.4, -0.2) is 18.2 Å². The average Bonchev–Trinajstić information content (AvgIpc) is 2.44. The van der Waals surface area contributed by atoms with E-state index in [1.807, 2.05) is 6.07 Å². The fraction of sp³-hybridized carbons (Fsp3) is 0.682. The summed E-state index contributed by atoms with van der Waals surface area (Å²) in [7, 11) is -1.75. The van der Waals surface area contributed by atoms with Crippen LogP contribution in [0.2, 0.25) is 16.6 Å². The van der Waals surface area contributed by atoms with Crippen molar-refractivity contribution in [3.8, 4) is 11.5 Å². The van der Waals surface area contributed by atoms with Crippen LogP contribution >= 0.6 is 0 Å². The Hall–Kier alpha value is -1.11. The zero-order valence-corrected chi connectivity index (χ0v) is 18.1. The minimum Gasteiger partial charge on any atom is -0.387 e. The fourth-order valence-corrected chi connectivity index (χ4v) is 9.72. The van der Waals surface area contributed by atoms with Gasteiger partial charge in [-0.1, -0.05) is 53.9 Å². The summed E-state index contributed by atoms with van der Waals surface area (Å²) in [6, 6.07) is 4.08. The number of rotatable bonds is 5. The maximum atomic E-state index is 10.6. The van der Waals surface area contributed by atoms with Crippen LogP contribution in [0.1, 0.15) is 83.9 Å². The largest absolute Gasteiger partial charge is 0.387 e. The molecule has 1 saturated carbocycles. The molecule has 2 rings (SSSR count). The first-order valence-corrected chi connectivity index (χ1v) is 12.1. The molecule has 1 N–H and O–H groups in total. The Bertz CT molecular complexity index is 628. The zero-order chi connectivity index (χ0) is 18.8. The fourth-order valence-electron chi connectivity index (χ4n) is 4.51. The minimum absolute atomic E-state index is 0.380. The predicted molar refractivity (Wildman–Crippen MR) is 109 cm³/mol. The Morgan fingerprint density at radius 1 is 1.04 bits per heavy atom. The normalized spacial score (nSPS) is 16.8. The molecule has 0 spiro atoms. The maximum absolute atomic E-state index is 10.6. The summed E-state index contributed by atoms with van der Waals surface area (Å²) in [5.41, 5.74) is 8.36. The number of aryl methyl sites for hydroxylation is 1. The van der Waals surface area contributed by atoms with Crippen molar-refractivity contribution in [2.75, 3.05) is 0 Å². The van der Waals surface area contributed by atoms with Gasteiger partial charge in [0.2, 0.25) is 0 Å². The van der Waals surface area contributed by atoms with Gasteiger partial charge in [0.15, 0.2) is 0 Å². The van der Waals surface area contributed by atoms with Crippen LogP contribution in [0.25, 0.3) is 0 Å². The Morgan fingerprint density at radius 3 is 2.04 bits per heavy atom. The lowest BCUT2D eigenvalue weighted by molar-refractivity contribution is 0.0586. The number of hydrogen-bond donors (Lipinski definition) is 1. The van der Waals surface area contributed by atoms with Crippen LogP contribution in [-0.2, 0) is 0 Å². The maximum Gasteiger partial charge on any atom is 0.146 e. The second-order valence-corrected chi connectivity index (χ2v) is 14.3. The molecule has 138 valence electrons. The van der Waals surface area contributed by atoms with Gasteiger partial charge in [-0.25, -0.2) is 4.98 Å².